The average molecular weight is 199 g/mol. The first-order chi connectivity index (χ1) is 5.99. The van der Waals surface area contributed by atoms with Gasteiger partial charge in [0.2, 0.25) is 10.0 Å². The molecule has 4 heteroatoms. The molecule has 0 fully saturated rings. The predicted octanol–water partition coefficient (Wildman–Crippen LogP) is 1.21. The van der Waals surface area contributed by atoms with Gasteiger partial charge in [-0.15, -0.1) is 0 Å². The SMILES string of the molecule is CNS(=O)(=O)c1cccc(C)c1C. The lowest BCUT2D eigenvalue weighted by Gasteiger charge is -2.07. The topological polar surface area (TPSA) is 46.2 Å². The van der Waals surface area contributed by atoms with E-state index in [-0.39, 0.29) is 0 Å². The molecule has 0 atom stereocenters. The number of hydrogen-bond donors (Lipinski definition) is 1. The quantitative estimate of drug-likeness (QED) is 0.778. The predicted molar refractivity (Wildman–Crippen MR) is 52.2 cm³/mol. The van der Waals surface area contributed by atoms with Gasteiger partial charge in [-0.25, -0.2) is 13.1 Å². The largest absolute Gasteiger partial charge is 0.240 e. The molecule has 13 heavy (non-hydrogen) atoms. The molecular formula is C9H13NO2S. The van der Waals surface area contributed by atoms with Gasteiger partial charge in [0.1, 0.15) is 0 Å². The lowest BCUT2D eigenvalue weighted by Crippen LogP contribution is -2.19. The Kier molecular flexibility index (Phi) is 2.73. The summed E-state index contributed by atoms with van der Waals surface area (Å²) in [6, 6.07) is 5.24. The van der Waals surface area contributed by atoms with E-state index in [0.29, 0.717) is 4.90 Å². The molecule has 0 heterocycles. The molecule has 1 aromatic carbocycles. The molecule has 0 saturated heterocycles. The summed E-state index contributed by atoms with van der Waals surface area (Å²) in [7, 11) is -1.89. The van der Waals surface area contributed by atoms with Crippen molar-refractivity contribution in [3.05, 3.63) is 29.3 Å². The van der Waals surface area contributed by atoms with Crippen LogP contribution in [-0.2, 0) is 10.0 Å². The van der Waals surface area contributed by atoms with Crippen LogP contribution in [0.15, 0.2) is 23.1 Å². The van der Waals surface area contributed by atoms with Crippen LogP contribution in [0.3, 0.4) is 0 Å². The van der Waals surface area contributed by atoms with Gasteiger partial charge in [-0.1, -0.05) is 12.1 Å². The van der Waals surface area contributed by atoms with Crippen LogP contribution in [-0.4, -0.2) is 15.5 Å². The molecule has 0 unspecified atom stereocenters. The Morgan fingerprint density at radius 2 is 1.85 bits per heavy atom. The third kappa shape index (κ3) is 1.89. The molecular weight excluding hydrogens is 186 g/mol. The van der Waals surface area contributed by atoms with E-state index in [4.69, 9.17) is 0 Å². The zero-order valence-corrected chi connectivity index (χ0v) is 8.77. The van der Waals surface area contributed by atoms with Crippen LogP contribution in [0.5, 0.6) is 0 Å². The molecule has 72 valence electrons. The first-order valence-corrected chi connectivity index (χ1v) is 5.47. The molecule has 0 aliphatic rings. The minimum Gasteiger partial charge on any atom is -0.214 e. The molecule has 0 amide bonds. The average Bonchev–Trinajstić information content (AvgIpc) is 2.09. The molecule has 1 rings (SSSR count). The Balaban J connectivity index is 3.40. The fourth-order valence-corrected chi connectivity index (χ4v) is 2.17. The third-order valence-electron chi connectivity index (χ3n) is 2.11. The Morgan fingerprint density at radius 3 is 2.38 bits per heavy atom. The van der Waals surface area contributed by atoms with Gasteiger partial charge in [0.05, 0.1) is 4.90 Å². The van der Waals surface area contributed by atoms with Crippen molar-refractivity contribution in [2.45, 2.75) is 18.7 Å². The summed E-state index contributed by atoms with van der Waals surface area (Å²) in [5, 5.41) is 0. The van der Waals surface area contributed by atoms with Gasteiger partial charge in [-0.3, -0.25) is 0 Å². The van der Waals surface area contributed by atoms with Gasteiger partial charge in [0, 0.05) is 0 Å². The number of nitrogens with one attached hydrogen (secondary N) is 1. The van der Waals surface area contributed by atoms with Crippen LogP contribution >= 0.6 is 0 Å². The lowest BCUT2D eigenvalue weighted by molar-refractivity contribution is 0.587. The van der Waals surface area contributed by atoms with Gasteiger partial charge in [0.25, 0.3) is 0 Å². The molecule has 1 aromatic rings. The number of sulfonamides is 1. The molecule has 0 spiro atoms. The second-order valence-corrected chi connectivity index (χ2v) is 4.76. The summed E-state index contributed by atoms with van der Waals surface area (Å²) in [6.45, 7) is 3.70. The number of benzene rings is 1. The van der Waals surface area contributed by atoms with E-state index in [0.717, 1.165) is 11.1 Å². The van der Waals surface area contributed by atoms with Gasteiger partial charge in [-0.05, 0) is 38.1 Å². The van der Waals surface area contributed by atoms with Gasteiger partial charge < -0.3 is 0 Å². The van der Waals surface area contributed by atoms with Crippen molar-refractivity contribution in [2.75, 3.05) is 7.05 Å². The van der Waals surface area contributed by atoms with E-state index >= 15 is 0 Å². The van der Waals surface area contributed by atoms with Crippen molar-refractivity contribution in [2.24, 2.45) is 0 Å². The number of aryl methyl sites for hydroxylation is 1. The zero-order valence-electron chi connectivity index (χ0n) is 7.96. The van der Waals surface area contributed by atoms with Crippen molar-refractivity contribution in [1.82, 2.24) is 4.72 Å². The van der Waals surface area contributed by atoms with Crippen LogP contribution in [0.1, 0.15) is 11.1 Å². The second-order valence-electron chi connectivity index (χ2n) is 2.91. The standard InChI is InChI=1S/C9H13NO2S/c1-7-5-4-6-9(8(7)2)13(11,12)10-3/h4-6,10H,1-3H3. The number of rotatable bonds is 2. The lowest BCUT2D eigenvalue weighted by atomic mass is 10.1. The normalized spacial score (nSPS) is 11.6. The monoisotopic (exact) mass is 199 g/mol. The zero-order chi connectivity index (χ0) is 10.1. The third-order valence-corrected chi connectivity index (χ3v) is 3.67. The molecule has 0 aliphatic carbocycles. The highest BCUT2D eigenvalue weighted by Gasteiger charge is 2.14. The summed E-state index contributed by atoms with van der Waals surface area (Å²) >= 11 is 0. The summed E-state index contributed by atoms with van der Waals surface area (Å²) in [5.74, 6) is 0. The van der Waals surface area contributed by atoms with Crippen LogP contribution in [0.4, 0.5) is 0 Å². The van der Waals surface area contributed by atoms with Crippen LogP contribution < -0.4 is 4.72 Å². The summed E-state index contributed by atoms with van der Waals surface area (Å²) in [4.78, 5) is 0.356. The Bertz CT molecular complexity index is 410. The molecule has 0 saturated carbocycles. The first kappa shape index (κ1) is 10.2. The van der Waals surface area contributed by atoms with E-state index < -0.39 is 10.0 Å². The van der Waals surface area contributed by atoms with E-state index in [1.165, 1.54) is 7.05 Å². The summed E-state index contributed by atoms with van der Waals surface area (Å²) < 4.78 is 25.2. The van der Waals surface area contributed by atoms with Gasteiger partial charge >= 0.3 is 0 Å². The molecule has 0 aromatic heterocycles. The Hall–Kier alpha value is -0.870. The van der Waals surface area contributed by atoms with E-state index in [1.807, 2.05) is 13.0 Å². The molecule has 3 nitrogen and oxygen atoms in total. The molecule has 0 aliphatic heterocycles. The molecule has 0 bridgehead atoms. The smallest absolute Gasteiger partial charge is 0.214 e. The highest BCUT2D eigenvalue weighted by atomic mass is 32.2. The van der Waals surface area contributed by atoms with Crippen LogP contribution in [0.2, 0.25) is 0 Å². The second kappa shape index (κ2) is 3.47. The Morgan fingerprint density at radius 1 is 1.23 bits per heavy atom. The van der Waals surface area contributed by atoms with E-state index in [1.54, 1.807) is 19.1 Å². The van der Waals surface area contributed by atoms with Crippen molar-refractivity contribution < 1.29 is 8.42 Å². The maximum Gasteiger partial charge on any atom is 0.240 e. The van der Waals surface area contributed by atoms with E-state index in [2.05, 4.69) is 4.72 Å². The maximum atomic E-state index is 11.5. The highest BCUT2D eigenvalue weighted by Crippen LogP contribution is 2.17. The van der Waals surface area contributed by atoms with Crippen LogP contribution in [0.25, 0.3) is 0 Å². The van der Waals surface area contributed by atoms with E-state index in [9.17, 15) is 8.42 Å². The maximum absolute atomic E-state index is 11.5. The summed E-state index contributed by atoms with van der Waals surface area (Å²) in [5.41, 5.74) is 1.79. The highest BCUT2D eigenvalue weighted by molar-refractivity contribution is 7.89. The molecule has 0 radical (unpaired) electrons. The minimum atomic E-state index is -3.30. The van der Waals surface area contributed by atoms with Crippen molar-refractivity contribution >= 4 is 10.0 Å². The first-order valence-electron chi connectivity index (χ1n) is 3.99. The van der Waals surface area contributed by atoms with Crippen molar-refractivity contribution in [3.63, 3.8) is 0 Å². The van der Waals surface area contributed by atoms with Crippen LogP contribution in [0, 0.1) is 13.8 Å². The van der Waals surface area contributed by atoms with Gasteiger partial charge in [0.15, 0.2) is 0 Å². The number of hydrogen-bond acceptors (Lipinski definition) is 2. The minimum absolute atomic E-state index is 0.356. The van der Waals surface area contributed by atoms with Crippen molar-refractivity contribution in [1.29, 1.82) is 0 Å². The summed E-state index contributed by atoms with van der Waals surface area (Å²) in [6.07, 6.45) is 0. The fraction of sp³-hybridized carbons (Fsp3) is 0.333. The van der Waals surface area contributed by atoms with Gasteiger partial charge in [-0.2, -0.15) is 0 Å². The molecule has 1 N–H and O–H groups in total. The van der Waals surface area contributed by atoms with Crippen molar-refractivity contribution in [3.8, 4) is 0 Å². The fourth-order valence-electron chi connectivity index (χ4n) is 1.13. The Labute approximate surface area is 78.8 Å².